The van der Waals surface area contributed by atoms with E-state index in [0.29, 0.717) is 5.41 Å². The predicted molar refractivity (Wildman–Crippen MR) is 75.3 cm³/mol. The Morgan fingerprint density at radius 1 is 1.12 bits per heavy atom. The van der Waals surface area contributed by atoms with Crippen molar-refractivity contribution in [1.82, 2.24) is 0 Å². The van der Waals surface area contributed by atoms with Crippen LogP contribution in [0.2, 0.25) is 4.55 Å². The molecule has 0 radical (unpaired) electrons. The molecule has 0 bridgehead atoms. The number of benzene rings is 1. The van der Waals surface area contributed by atoms with Crippen LogP contribution >= 0.6 is 12.9 Å². The second kappa shape index (κ2) is 6.53. The molecule has 0 amide bonds. The van der Waals surface area contributed by atoms with E-state index in [2.05, 4.69) is 12.9 Å². The molecule has 0 unspecified atom stereocenters. The van der Waals surface area contributed by atoms with Crippen molar-refractivity contribution in [1.29, 1.82) is 0 Å². The standard InChI is InChI=1S/C14H18F.BrH.Mg/c1-2-14(10-4-3-5-11-14)12-6-8-13(15)9-7-12;;/h6-9H,1-5,10-11H2;1H;/q;;+1/p-1. The molecule has 2 rings (SSSR count). The van der Waals surface area contributed by atoms with E-state index in [0.717, 1.165) is 0 Å². The van der Waals surface area contributed by atoms with Crippen molar-refractivity contribution >= 4 is 31.1 Å². The lowest BCUT2D eigenvalue weighted by Gasteiger charge is -2.38. The Morgan fingerprint density at radius 3 is 2.35 bits per heavy atom. The maximum absolute atomic E-state index is 13.0. The molecule has 0 spiro atoms. The Bertz CT molecular complexity index is 344. The van der Waals surface area contributed by atoms with Crippen LogP contribution in [0, 0.1) is 5.82 Å². The van der Waals surface area contributed by atoms with Gasteiger partial charge in [0, 0.05) is 0 Å². The zero-order chi connectivity index (χ0) is 12.1. The maximum Gasteiger partial charge on any atom is 0.468 e. The van der Waals surface area contributed by atoms with Crippen molar-refractivity contribution in [3.63, 3.8) is 0 Å². The van der Waals surface area contributed by atoms with Crippen LogP contribution in [0.15, 0.2) is 24.3 Å². The van der Waals surface area contributed by atoms with Crippen molar-refractivity contribution in [2.24, 2.45) is 0 Å². The van der Waals surface area contributed by atoms with Crippen LogP contribution in [-0.4, -0.2) is 18.2 Å². The average molecular weight is 310 g/mol. The normalized spacial score (nSPS) is 18.7. The fraction of sp³-hybridized carbons (Fsp3) is 0.571. The highest BCUT2D eigenvalue weighted by atomic mass is 79.9. The second-order valence-electron chi connectivity index (χ2n) is 5.14. The van der Waals surface area contributed by atoms with Crippen LogP contribution in [0.3, 0.4) is 0 Å². The van der Waals surface area contributed by atoms with Crippen molar-refractivity contribution < 1.29 is 4.39 Å². The molecule has 0 atom stereocenters. The third-order valence-electron chi connectivity index (χ3n) is 4.06. The van der Waals surface area contributed by atoms with Gasteiger partial charge in [-0.2, -0.15) is 0 Å². The summed E-state index contributed by atoms with van der Waals surface area (Å²) in [7, 11) is 0. The minimum atomic E-state index is -0.116. The number of halogens is 2. The summed E-state index contributed by atoms with van der Waals surface area (Å²) in [5, 5.41) is 0. The molecule has 1 aliphatic rings. The van der Waals surface area contributed by atoms with E-state index in [9.17, 15) is 4.39 Å². The number of hydrogen-bond donors (Lipinski definition) is 0. The lowest BCUT2D eigenvalue weighted by molar-refractivity contribution is 0.283. The van der Waals surface area contributed by atoms with Crippen LogP contribution in [0.5, 0.6) is 0 Å². The Labute approximate surface area is 119 Å². The molecule has 1 aromatic carbocycles. The Morgan fingerprint density at radius 2 is 1.76 bits per heavy atom. The van der Waals surface area contributed by atoms with Crippen molar-refractivity contribution in [3.05, 3.63) is 35.6 Å². The van der Waals surface area contributed by atoms with Gasteiger partial charge in [0.1, 0.15) is 5.82 Å². The lowest BCUT2D eigenvalue weighted by Crippen LogP contribution is -2.29. The highest BCUT2D eigenvalue weighted by molar-refractivity contribution is 9.23. The molecule has 1 saturated carbocycles. The van der Waals surface area contributed by atoms with Gasteiger partial charge in [-0.1, -0.05) is 37.8 Å². The van der Waals surface area contributed by atoms with E-state index in [4.69, 9.17) is 0 Å². The minimum Gasteiger partial charge on any atom is -0.307 e. The fourth-order valence-electron chi connectivity index (χ4n) is 3.12. The third kappa shape index (κ3) is 3.45. The highest BCUT2D eigenvalue weighted by Crippen LogP contribution is 2.43. The largest absolute Gasteiger partial charge is 0.468 e. The van der Waals surface area contributed by atoms with Gasteiger partial charge in [-0.3, -0.25) is 0 Å². The van der Waals surface area contributed by atoms with Gasteiger partial charge in [-0.15, -0.1) is 4.55 Å². The second-order valence-corrected chi connectivity index (χ2v) is 8.60. The summed E-state index contributed by atoms with van der Waals surface area (Å²) in [4.78, 5) is 0. The first-order chi connectivity index (χ1) is 8.27. The van der Waals surface area contributed by atoms with Crippen molar-refractivity contribution in [3.8, 4) is 0 Å². The zero-order valence-corrected chi connectivity index (χ0v) is 13.2. The first kappa shape index (κ1) is 13.8. The first-order valence-corrected chi connectivity index (χ1v) is 11.5. The Hall–Kier alpha value is 0.396. The molecule has 1 aromatic rings. The van der Waals surface area contributed by atoms with Gasteiger partial charge in [0.15, 0.2) is 0 Å². The smallest absolute Gasteiger partial charge is 0.307 e. The summed E-state index contributed by atoms with van der Waals surface area (Å²) >= 11 is 3.62. The molecule has 0 aliphatic heterocycles. The summed E-state index contributed by atoms with van der Waals surface area (Å²) in [6, 6.07) is 7.27. The molecule has 0 nitrogen and oxygen atoms in total. The summed E-state index contributed by atoms with van der Waals surface area (Å²) in [5.41, 5.74) is 1.72. The quantitative estimate of drug-likeness (QED) is 0.697. The number of hydrogen-bond acceptors (Lipinski definition) is 0. The molecule has 0 N–H and O–H groups in total. The fourth-order valence-corrected chi connectivity index (χ4v) is 4.77. The monoisotopic (exact) mass is 308 g/mol. The lowest BCUT2D eigenvalue weighted by atomic mass is 9.68. The van der Waals surface area contributed by atoms with E-state index < -0.39 is 0 Å². The van der Waals surface area contributed by atoms with Crippen LogP contribution in [-0.2, 0) is 5.41 Å². The van der Waals surface area contributed by atoms with Gasteiger partial charge in [0.05, 0.1) is 0 Å². The summed E-state index contributed by atoms with van der Waals surface area (Å²) in [5.74, 6) is -0.116. The van der Waals surface area contributed by atoms with Gasteiger partial charge in [-0.05, 0) is 36.0 Å². The van der Waals surface area contributed by atoms with Crippen molar-refractivity contribution in [2.45, 2.75) is 48.5 Å². The van der Waals surface area contributed by atoms with Crippen LogP contribution in [0.1, 0.15) is 44.1 Å². The van der Waals surface area contributed by atoms with E-state index in [-0.39, 0.29) is 24.0 Å². The molecule has 0 aromatic heterocycles. The van der Waals surface area contributed by atoms with Gasteiger partial charge >= 0.3 is 18.2 Å². The molecular formula is C14H18BrFMg. The average Bonchev–Trinajstić information content (AvgIpc) is 2.38. The van der Waals surface area contributed by atoms with E-state index in [1.54, 1.807) is 12.1 Å². The van der Waals surface area contributed by atoms with E-state index in [1.807, 2.05) is 12.1 Å². The minimum absolute atomic E-state index is 0.0423. The highest BCUT2D eigenvalue weighted by Gasteiger charge is 2.32. The molecule has 0 saturated heterocycles. The molecule has 0 heterocycles. The summed E-state index contributed by atoms with van der Waals surface area (Å²) < 4.78 is 14.4. The van der Waals surface area contributed by atoms with Crippen LogP contribution in [0.4, 0.5) is 4.39 Å². The molecule has 1 fully saturated rings. The van der Waals surface area contributed by atoms with Crippen LogP contribution in [0.25, 0.3) is 0 Å². The molecule has 1 aliphatic carbocycles. The van der Waals surface area contributed by atoms with Crippen molar-refractivity contribution in [2.75, 3.05) is 0 Å². The zero-order valence-electron chi connectivity index (χ0n) is 10.2. The Balaban J connectivity index is 2.21. The maximum atomic E-state index is 13.0. The Kier molecular flexibility index (Phi) is 5.31. The molecule has 3 heteroatoms. The van der Waals surface area contributed by atoms with Gasteiger partial charge < -0.3 is 12.9 Å². The summed E-state index contributed by atoms with van der Waals surface area (Å²) in [6.45, 7) is 0. The van der Waals surface area contributed by atoms with Gasteiger partial charge in [-0.25, -0.2) is 4.39 Å². The molecular weight excluding hydrogens is 291 g/mol. The predicted octanol–water partition coefficient (Wildman–Crippen LogP) is 4.85. The topological polar surface area (TPSA) is 0 Å². The van der Waals surface area contributed by atoms with Gasteiger partial charge in [0.2, 0.25) is 0 Å². The SMILES string of the molecule is Fc1ccc(C2(C[CH2][Mg][Br])CCCCC2)cc1. The van der Waals surface area contributed by atoms with E-state index >= 15 is 0 Å². The number of rotatable bonds is 4. The molecule has 17 heavy (non-hydrogen) atoms. The summed E-state index contributed by atoms with van der Waals surface area (Å²) in [6.07, 6.45) is 7.91. The first-order valence-electron chi connectivity index (χ1n) is 6.59. The molecule has 90 valence electrons. The van der Waals surface area contributed by atoms with E-state index in [1.165, 1.54) is 48.6 Å². The third-order valence-corrected chi connectivity index (χ3v) is 6.36. The van der Waals surface area contributed by atoms with Crippen LogP contribution < -0.4 is 0 Å². The van der Waals surface area contributed by atoms with Gasteiger partial charge in [0.25, 0.3) is 0 Å².